The Morgan fingerprint density at radius 1 is 0.458 bits per heavy atom. The molecule has 2 unspecified atom stereocenters. The number of aliphatic hydroxyl groups is 2. The van der Waals surface area contributed by atoms with Crippen molar-refractivity contribution < 1.29 is 24.5 Å². The van der Waals surface area contributed by atoms with Crippen molar-refractivity contribution in [1.29, 1.82) is 0 Å². The van der Waals surface area contributed by atoms with Crippen LogP contribution in [0.4, 0.5) is 0 Å². The fourth-order valence-corrected chi connectivity index (χ4v) is 8.21. The Balaban J connectivity index is 3.44. The molecule has 0 aliphatic heterocycles. The van der Waals surface area contributed by atoms with E-state index in [1.807, 2.05) is 0 Å². The van der Waals surface area contributed by atoms with Crippen LogP contribution < -0.4 is 5.32 Å². The number of hydrogen-bond donors (Lipinski definition) is 3. The first kappa shape index (κ1) is 57.6. The lowest BCUT2D eigenvalue weighted by atomic mass is 10.0. The highest BCUT2D eigenvalue weighted by atomic mass is 16.5. The molecule has 350 valence electrons. The molecule has 6 nitrogen and oxygen atoms in total. The van der Waals surface area contributed by atoms with Gasteiger partial charge in [-0.15, -0.1) is 0 Å². The summed E-state index contributed by atoms with van der Waals surface area (Å²) >= 11 is 0. The maximum atomic E-state index is 12.5. The molecule has 59 heavy (non-hydrogen) atoms. The molecular weight excluding hydrogens is 731 g/mol. The van der Waals surface area contributed by atoms with Crippen molar-refractivity contribution in [3.05, 3.63) is 12.2 Å². The van der Waals surface area contributed by atoms with Crippen LogP contribution in [-0.2, 0) is 14.3 Å². The van der Waals surface area contributed by atoms with Crippen LogP contribution in [0.5, 0.6) is 0 Å². The molecule has 6 heteroatoms. The standard InChI is InChI=1S/C53H103NO5/c1-3-5-7-9-11-13-15-16-17-19-22-26-29-33-37-41-45-51(56)50(49-55)54-52(57)46-42-38-34-30-27-23-20-18-21-24-28-32-36-40-44-48-59-53(58)47-43-39-35-31-25-14-12-10-8-6-4-2/h10,12,50-51,55-56H,3-9,11,13-49H2,1-2H3,(H,54,57)/b12-10-. The van der Waals surface area contributed by atoms with E-state index < -0.39 is 12.1 Å². The SMILES string of the molecule is CCCC/C=C\CCCCCCCC(=O)OCCCCCCCCCCCCCCCCCC(=O)NC(CO)C(O)CCCCCCCCCCCCCCCCCC. The van der Waals surface area contributed by atoms with Crippen molar-refractivity contribution in [2.75, 3.05) is 13.2 Å². The zero-order valence-electron chi connectivity index (χ0n) is 39.7. The third-order valence-electron chi connectivity index (χ3n) is 12.3. The molecule has 0 aliphatic rings. The molecule has 2 atom stereocenters. The molecule has 0 aliphatic carbocycles. The lowest BCUT2D eigenvalue weighted by Crippen LogP contribution is -2.45. The summed E-state index contributed by atoms with van der Waals surface area (Å²) < 4.78 is 5.44. The Bertz CT molecular complexity index is 878. The van der Waals surface area contributed by atoms with Gasteiger partial charge in [-0.1, -0.05) is 244 Å². The van der Waals surface area contributed by atoms with E-state index in [-0.39, 0.29) is 18.5 Å². The van der Waals surface area contributed by atoms with Gasteiger partial charge in [0.15, 0.2) is 0 Å². The third kappa shape index (κ3) is 45.9. The molecule has 1 amide bonds. The zero-order chi connectivity index (χ0) is 43.0. The Hall–Kier alpha value is -1.40. The van der Waals surface area contributed by atoms with Crippen LogP contribution in [0, 0.1) is 0 Å². The fourth-order valence-electron chi connectivity index (χ4n) is 8.21. The molecule has 0 saturated carbocycles. The number of carbonyl (C=O) groups is 2. The number of rotatable bonds is 49. The zero-order valence-corrected chi connectivity index (χ0v) is 39.7. The topological polar surface area (TPSA) is 95.9 Å². The predicted molar refractivity (Wildman–Crippen MR) is 255 cm³/mol. The smallest absolute Gasteiger partial charge is 0.305 e. The minimum absolute atomic E-state index is 0.0101. The third-order valence-corrected chi connectivity index (χ3v) is 12.3. The second kappa shape index (κ2) is 49.3. The molecule has 0 bridgehead atoms. The lowest BCUT2D eigenvalue weighted by Gasteiger charge is -2.22. The monoisotopic (exact) mass is 834 g/mol. The molecular formula is C53H103NO5. The van der Waals surface area contributed by atoms with Crippen LogP contribution in [0.1, 0.15) is 290 Å². The number of aliphatic hydroxyl groups excluding tert-OH is 2. The van der Waals surface area contributed by atoms with Crippen molar-refractivity contribution in [2.24, 2.45) is 0 Å². The lowest BCUT2D eigenvalue weighted by molar-refractivity contribution is -0.143. The van der Waals surface area contributed by atoms with Crippen molar-refractivity contribution in [2.45, 2.75) is 302 Å². The van der Waals surface area contributed by atoms with Gasteiger partial charge >= 0.3 is 5.97 Å². The van der Waals surface area contributed by atoms with Gasteiger partial charge < -0.3 is 20.3 Å². The molecule has 0 saturated heterocycles. The summed E-state index contributed by atoms with van der Waals surface area (Å²) in [5.74, 6) is -0.0522. The number of unbranched alkanes of at least 4 members (excludes halogenated alkanes) is 36. The van der Waals surface area contributed by atoms with E-state index in [0.29, 0.717) is 25.9 Å². The van der Waals surface area contributed by atoms with Crippen molar-refractivity contribution in [3.63, 3.8) is 0 Å². The Labute approximate surface area is 368 Å². The van der Waals surface area contributed by atoms with Gasteiger partial charge in [-0.2, -0.15) is 0 Å². The molecule has 0 fully saturated rings. The maximum Gasteiger partial charge on any atom is 0.305 e. The van der Waals surface area contributed by atoms with Gasteiger partial charge in [0, 0.05) is 12.8 Å². The first-order valence-corrected chi connectivity index (χ1v) is 26.4. The number of esters is 1. The predicted octanol–water partition coefficient (Wildman–Crippen LogP) is 15.7. The molecule has 0 spiro atoms. The second-order valence-electron chi connectivity index (χ2n) is 18.2. The summed E-state index contributed by atoms with van der Waals surface area (Å²) in [6.07, 6.45) is 56.1. The summed E-state index contributed by atoms with van der Waals surface area (Å²) in [5, 5.41) is 23.2. The van der Waals surface area contributed by atoms with E-state index in [2.05, 4.69) is 31.3 Å². The van der Waals surface area contributed by atoms with Gasteiger partial charge in [-0.3, -0.25) is 9.59 Å². The molecule has 0 aromatic heterocycles. The number of ether oxygens (including phenoxy) is 1. The number of hydrogen-bond acceptors (Lipinski definition) is 5. The van der Waals surface area contributed by atoms with Crippen LogP contribution in [0.2, 0.25) is 0 Å². The minimum atomic E-state index is -0.669. The summed E-state index contributed by atoms with van der Waals surface area (Å²) in [4.78, 5) is 24.4. The van der Waals surface area contributed by atoms with Gasteiger partial charge in [0.25, 0.3) is 0 Å². The Morgan fingerprint density at radius 3 is 1.25 bits per heavy atom. The van der Waals surface area contributed by atoms with Crippen LogP contribution in [0.15, 0.2) is 12.2 Å². The molecule has 0 aromatic rings. The Kier molecular flexibility index (Phi) is 48.1. The summed E-state index contributed by atoms with van der Waals surface area (Å²) in [6, 6.07) is -0.547. The highest BCUT2D eigenvalue weighted by molar-refractivity contribution is 5.76. The first-order chi connectivity index (χ1) is 29.0. The molecule has 0 radical (unpaired) electrons. The number of carbonyl (C=O) groups excluding carboxylic acids is 2. The van der Waals surface area contributed by atoms with Gasteiger partial charge in [-0.25, -0.2) is 0 Å². The summed E-state index contributed by atoms with van der Waals surface area (Å²) in [5.41, 5.74) is 0. The van der Waals surface area contributed by atoms with Crippen molar-refractivity contribution in [1.82, 2.24) is 5.32 Å². The molecule has 0 rings (SSSR count). The largest absolute Gasteiger partial charge is 0.466 e. The van der Waals surface area contributed by atoms with Crippen LogP contribution in [-0.4, -0.2) is 47.4 Å². The summed E-state index contributed by atoms with van der Waals surface area (Å²) in [6.45, 7) is 4.90. The quantitative estimate of drug-likeness (QED) is 0.0322. The van der Waals surface area contributed by atoms with Gasteiger partial charge in [0.2, 0.25) is 5.91 Å². The van der Waals surface area contributed by atoms with E-state index in [1.165, 1.54) is 205 Å². The number of nitrogens with one attached hydrogen (secondary N) is 1. The second-order valence-corrected chi connectivity index (χ2v) is 18.2. The van der Waals surface area contributed by atoms with Crippen LogP contribution >= 0.6 is 0 Å². The van der Waals surface area contributed by atoms with Gasteiger partial charge in [0.1, 0.15) is 0 Å². The van der Waals surface area contributed by atoms with E-state index in [0.717, 1.165) is 51.4 Å². The normalized spacial score (nSPS) is 12.7. The van der Waals surface area contributed by atoms with Gasteiger partial charge in [-0.05, 0) is 44.9 Å². The molecule has 0 heterocycles. The van der Waals surface area contributed by atoms with E-state index in [9.17, 15) is 19.8 Å². The van der Waals surface area contributed by atoms with Crippen LogP contribution in [0.25, 0.3) is 0 Å². The number of amides is 1. The van der Waals surface area contributed by atoms with E-state index in [1.54, 1.807) is 0 Å². The highest BCUT2D eigenvalue weighted by Crippen LogP contribution is 2.17. The number of allylic oxidation sites excluding steroid dienone is 2. The maximum absolute atomic E-state index is 12.5. The highest BCUT2D eigenvalue weighted by Gasteiger charge is 2.20. The van der Waals surface area contributed by atoms with E-state index >= 15 is 0 Å². The fraction of sp³-hybridized carbons (Fsp3) is 0.925. The van der Waals surface area contributed by atoms with Crippen molar-refractivity contribution >= 4 is 11.9 Å². The van der Waals surface area contributed by atoms with Crippen molar-refractivity contribution in [3.8, 4) is 0 Å². The molecule has 0 aromatic carbocycles. The Morgan fingerprint density at radius 2 is 0.814 bits per heavy atom. The summed E-state index contributed by atoms with van der Waals surface area (Å²) in [7, 11) is 0. The minimum Gasteiger partial charge on any atom is -0.466 e. The molecule has 3 N–H and O–H groups in total. The van der Waals surface area contributed by atoms with Gasteiger partial charge in [0.05, 0.1) is 25.4 Å². The first-order valence-electron chi connectivity index (χ1n) is 26.4. The van der Waals surface area contributed by atoms with Crippen LogP contribution in [0.3, 0.4) is 0 Å². The average molecular weight is 834 g/mol. The van der Waals surface area contributed by atoms with E-state index in [4.69, 9.17) is 4.74 Å². The average Bonchev–Trinajstić information content (AvgIpc) is 3.24.